The maximum Gasteiger partial charge on any atom is 0.0705 e. The molecule has 20 heavy (non-hydrogen) atoms. The lowest BCUT2D eigenvalue weighted by molar-refractivity contribution is 0.872. The Balaban J connectivity index is 2.02. The molecule has 0 aliphatic carbocycles. The minimum absolute atomic E-state index is 0.198. The van der Waals surface area contributed by atoms with Gasteiger partial charge in [0.25, 0.3) is 0 Å². The van der Waals surface area contributed by atoms with Crippen LogP contribution in [0.5, 0.6) is 0 Å². The summed E-state index contributed by atoms with van der Waals surface area (Å²) in [6, 6.07) is 15.8. The number of pyridine rings is 1. The van der Waals surface area contributed by atoms with Gasteiger partial charge in [-0.25, -0.2) is 0 Å². The van der Waals surface area contributed by atoms with Crippen molar-refractivity contribution in [2.75, 3.05) is 0 Å². The highest BCUT2D eigenvalue weighted by molar-refractivity contribution is 14.1. The fourth-order valence-corrected chi connectivity index (χ4v) is 2.70. The van der Waals surface area contributed by atoms with Gasteiger partial charge in [-0.2, -0.15) is 0 Å². The Morgan fingerprint density at radius 3 is 2.60 bits per heavy atom. The van der Waals surface area contributed by atoms with Crippen LogP contribution in [0.3, 0.4) is 0 Å². The molecule has 4 heteroatoms. The molecule has 2 N–H and O–H groups in total. The molecule has 0 amide bonds. The number of nitrogens with zero attached hydrogens (tertiary/aromatic N) is 1. The van der Waals surface area contributed by atoms with E-state index in [-0.39, 0.29) is 6.04 Å². The van der Waals surface area contributed by atoms with E-state index in [1.54, 1.807) is 6.20 Å². The fraction of sp³-hybridized carbons (Fsp3) is 0.0625. The minimum Gasteiger partial charge on any atom is -0.320 e. The Labute approximate surface area is 136 Å². The SMILES string of the molecule is NC(c1ccc(I)c(Cl)c1)c1ccc2cccnc2c1. The van der Waals surface area contributed by atoms with Gasteiger partial charge in [0.2, 0.25) is 0 Å². The van der Waals surface area contributed by atoms with Crippen LogP contribution in [0, 0.1) is 3.57 Å². The summed E-state index contributed by atoms with van der Waals surface area (Å²) < 4.78 is 1.03. The predicted octanol–water partition coefficient (Wildman–Crippen LogP) is 4.54. The number of hydrogen-bond donors (Lipinski definition) is 1. The largest absolute Gasteiger partial charge is 0.320 e. The van der Waals surface area contributed by atoms with Gasteiger partial charge >= 0.3 is 0 Å². The van der Waals surface area contributed by atoms with Gasteiger partial charge < -0.3 is 5.73 Å². The third kappa shape index (κ3) is 2.66. The summed E-state index contributed by atoms with van der Waals surface area (Å²) in [5, 5.41) is 1.85. The smallest absolute Gasteiger partial charge is 0.0705 e. The third-order valence-corrected chi connectivity index (χ3v) is 4.86. The van der Waals surface area contributed by atoms with Gasteiger partial charge in [-0.05, 0) is 58.0 Å². The van der Waals surface area contributed by atoms with E-state index in [4.69, 9.17) is 17.3 Å². The van der Waals surface area contributed by atoms with Crippen molar-refractivity contribution in [2.24, 2.45) is 5.73 Å². The standard InChI is InChI=1S/C16H12ClIN2/c17-13-8-11(5-6-14(13)18)16(19)12-4-3-10-2-1-7-20-15(10)9-12/h1-9,16H,19H2. The molecule has 1 aromatic heterocycles. The van der Waals surface area contributed by atoms with Crippen molar-refractivity contribution in [3.8, 4) is 0 Å². The van der Waals surface area contributed by atoms with Gasteiger partial charge in [-0.15, -0.1) is 0 Å². The summed E-state index contributed by atoms with van der Waals surface area (Å²) in [5.41, 5.74) is 9.33. The molecule has 100 valence electrons. The van der Waals surface area contributed by atoms with E-state index in [0.29, 0.717) is 0 Å². The Kier molecular flexibility index (Phi) is 3.92. The van der Waals surface area contributed by atoms with Crippen LogP contribution >= 0.6 is 34.2 Å². The first-order chi connectivity index (χ1) is 9.65. The average Bonchev–Trinajstić information content (AvgIpc) is 2.49. The van der Waals surface area contributed by atoms with Crippen LogP contribution in [0.15, 0.2) is 54.7 Å². The van der Waals surface area contributed by atoms with Crippen molar-refractivity contribution >= 4 is 45.1 Å². The predicted molar refractivity (Wildman–Crippen MR) is 91.9 cm³/mol. The number of hydrogen-bond acceptors (Lipinski definition) is 2. The molecule has 1 unspecified atom stereocenters. The Hall–Kier alpha value is -1.17. The van der Waals surface area contributed by atoms with Crippen molar-refractivity contribution in [3.05, 3.63) is 74.4 Å². The Bertz CT molecular complexity index is 773. The molecule has 0 saturated carbocycles. The van der Waals surface area contributed by atoms with Gasteiger partial charge in [0.15, 0.2) is 0 Å². The van der Waals surface area contributed by atoms with E-state index in [0.717, 1.165) is 30.6 Å². The zero-order chi connectivity index (χ0) is 14.1. The quantitative estimate of drug-likeness (QED) is 0.648. The lowest BCUT2D eigenvalue weighted by Gasteiger charge is -2.14. The lowest BCUT2D eigenvalue weighted by Crippen LogP contribution is -2.11. The zero-order valence-electron chi connectivity index (χ0n) is 10.6. The van der Waals surface area contributed by atoms with E-state index in [9.17, 15) is 0 Å². The molecule has 0 aliphatic heterocycles. The van der Waals surface area contributed by atoms with Gasteiger partial charge in [0.05, 0.1) is 16.6 Å². The number of halogens is 2. The molecule has 0 spiro atoms. The van der Waals surface area contributed by atoms with Crippen LogP contribution in [0.2, 0.25) is 5.02 Å². The maximum absolute atomic E-state index is 6.34. The third-order valence-electron chi connectivity index (χ3n) is 3.29. The fourth-order valence-electron chi connectivity index (χ4n) is 2.18. The number of rotatable bonds is 2. The van der Waals surface area contributed by atoms with Gasteiger partial charge in [-0.1, -0.05) is 35.9 Å². The Morgan fingerprint density at radius 2 is 1.80 bits per heavy atom. The second-order valence-corrected chi connectivity index (χ2v) is 6.18. The Morgan fingerprint density at radius 1 is 1.05 bits per heavy atom. The van der Waals surface area contributed by atoms with E-state index in [2.05, 4.69) is 27.6 Å². The van der Waals surface area contributed by atoms with Gasteiger partial charge in [-0.3, -0.25) is 4.98 Å². The van der Waals surface area contributed by atoms with Crippen LogP contribution < -0.4 is 5.73 Å². The molecule has 0 saturated heterocycles. The first kappa shape index (κ1) is 13.8. The summed E-state index contributed by atoms with van der Waals surface area (Å²) in [6.07, 6.45) is 1.79. The highest BCUT2D eigenvalue weighted by atomic mass is 127. The highest BCUT2D eigenvalue weighted by Gasteiger charge is 2.11. The van der Waals surface area contributed by atoms with Crippen molar-refractivity contribution in [1.29, 1.82) is 0 Å². The molecule has 1 heterocycles. The van der Waals surface area contributed by atoms with Crippen LogP contribution in [0.25, 0.3) is 10.9 Å². The summed E-state index contributed by atoms with van der Waals surface area (Å²) in [4.78, 5) is 4.37. The summed E-state index contributed by atoms with van der Waals surface area (Å²) in [7, 11) is 0. The van der Waals surface area contributed by atoms with Gasteiger partial charge in [0, 0.05) is 15.2 Å². The topological polar surface area (TPSA) is 38.9 Å². The molecular formula is C16H12ClIN2. The zero-order valence-corrected chi connectivity index (χ0v) is 13.5. The molecule has 1 atom stereocenters. The van der Waals surface area contributed by atoms with Crippen LogP contribution in [-0.4, -0.2) is 4.98 Å². The monoisotopic (exact) mass is 394 g/mol. The van der Waals surface area contributed by atoms with E-state index in [1.165, 1.54) is 0 Å². The second-order valence-electron chi connectivity index (χ2n) is 4.61. The summed E-state index contributed by atoms with van der Waals surface area (Å²) in [6.45, 7) is 0. The van der Waals surface area contributed by atoms with E-state index in [1.807, 2.05) is 48.5 Å². The van der Waals surface area contributed by atoms with Gasteiger partial charge in [0.1, 0.15) is 0 Å². The number of nitrogens with two attached hydrogens (primary N) is 1. The van der Waals surface area contributed by atoms with Crippen molar-refractivity contribution in [2.45, 2.75) is 6.04 Å². The average molecular weight is 395 g/mol. The number of fused-ring (bicyclic) bond motifs is 1. The molecule has 0 fully saturated rings. The first-order valence-corrected chi connectivity index (χ1v) is 7.66. The first-order valence-electron chi connectivity index (χ1n) is 6.20. The van der Waals surface area contributed by atoms with Crippen LogP contribution in [0.1, 0.15) is 17.2 Å². The molecule has 2 aromatic carbocycles. The molecule has 3 aromatic rings. The highest BCUT2D eigenvalue weighted by Crippen LogP contribution is 2.27. The summed E-state index contributed by atoms with van der Waals surface area (Å²) >= 11 is 8.37. The molecule has 0 bridgehead atoms. The van der Waals surface area contributed by atoms with Crippen LogP contribution in [0.4, 0.5) is 0 Å². The van der Waals surface area contributed by atoms with Crippen LogP contribution in [-0.2, 0) is 0 Å². The van der Waals surface area contributed by atoms with Crippen molar-refractivity contribution < 1.29 is 0 Å². The number of aromatic nitrogens is 1. The second kappa shape index (κ2) is 5.68. The molecule has 2 nitrogen and oxygen atoms in total. The minimum atomic E-state index is -0.198. The van der Waals surface area contributed by atoms with Crippen molar-refractivity contribution in [3.63, 3.8) is 0 Å². The molecule has 3 rings (SSSR count). The molecule has 0 aliphatic rings. The van der Waals surface area contributed by atoms with E-state index < -0.39 is 0 Å². The van der Waals surface area contributed by atoms with E-state index >= 15 is 0 Å². The number of benzene rings is 2. The lowest BCUT2D eigenvalue weighted by atomic mass is 9.98. The maximum atomic E-state index is 6.34. The molecular weight excluding hydrogens is 383 g/mol. The van der Waals surface area contributed by atoms with Crippen molar-refractivity contribution in [1.82, 2.24) is 4.98 Å². The molecule has 0 radical (unpaired) electrons. The summed E-state index contributed by atoms with van der Waals surface area (Å²) in [5.74, 6) is 0. The normalized spacial score (nSPS) is 12.6.